The second kappa shape index (κ2) is 7.31. The molecule has 1 atom stereocenters. The lowest BCUT2D eigenvalue weighted by Gasteiger charge is -2.13. The molecule has 0 heterocycles. The summed E-state index contributed by atoms with van der Waals surface area (Å²) in [6, 6.07) is 7.32. The van der Waals surface area contributed by atoms with Crippen molar-refractivity contribution in [2.24, 2.45) is 5.92 Å². The lowest BCUT2D eigenvalue weighted by atomic mass is 10.2. The Hall–Kier alpha value is -1.16. The molecule has 3 N–H and O–H groups in total. The Labute approximate surface area is 114 Å². The number of nitrogen functional groups attached to an aromatic ring is 1. The fourth-order valence-electron chi connectivity index (χ4n) is 1.40. The maximum atomic E-state index is 12.0. The van der Waals surface area contributed by atoms with Gasteiger partial charge in [-0.1, -0.05) is 26.0 Å². The highest BCUT2D eigenvalue weighted by Gasteiger charge is 2.14. The van der Waals surface area contributed by atoms with Crippen molar-refractivity contribution >= 4 is 29.0 Å². The highest BCUT2D eigenvalue weighted by Crippen LogP contribution is 2.20. The molecule has 1 unspecified atom stereocenters. The number of carbonyl (C=O) groups excluding carboxylic acids is 1. The number of carbonyl (C=O) groups is 1. The Morgan fingerprint density at radius 1 is 1.33 bits per heavy atom. The first-order valence-corrected chi connectivity index (χ1v) is 7.32. The number of rotatable bonds is 6. The summed E-state index contributed by atoms with van der Waals surface area (Å²) in [5.74, 6) is 1.70. The van der Waals surface area contributed by atoms with E-state index in [2.05, 4.69) is 19.2 Å². The van der Waals surface area contributed by atoms with Gasteiger partial charge in [-0.2, -0.15) is 0 Å². The van der Waals surface area contributed by atoms with Crippen LogP contribution >= 0.6 is 11.8 Å². The number of thioether (sulfide) groups is 1. The summed E-state index contributed by atoms with van der Waals surface area (Å²) in [7, 11) is 0. The van der Waals surface area contributed by atoms with Crippen LogP contribution < -0.4 is 11.1 Å². The third kappa shape index (κ3) is 5.00. The smallest absolute Gasteiger partial charge is 0.237 e. The summed E-state index contributed by atoms with van der Waals surface area (Å²) in [6.45, 7) is 6.31. The van der Waals surface area contributed by atoms with E-state index in [0.717, 1.165) is 12.2 Å². The lowest BCUT2D eigenvalue weighted by Crippen LogP contribution is -2.23. The quantitative estimate of drug-likeness (QED) is 0.776. The molecule has 0 fully saturated rings. The topological polar surface area (TPSA) is 55.1 Å². The summed E-state index contributed by atoms with van der Waals surface area (Å²) in [5, 5.41) is 2.81. The molecule has 1 aromatic carbocycles. The summed E-state index contributed by atoms with van der Waals surface area (Å²) < 4.78 is 0. The summed E-state index contributed by atoms with van der Waals surface area (Å²) in [4.78, 5) is 12.0. The Balaban J connectivity index is 2.43. The minimum Gasteiger partial charge on any atom is -0.397 e. The van der Waals surface area contributed by atoms with Gasteiger partial charge >= 0.3 is 0 Å². The van der Waals surface area contributed by atoms with Crippen LogP contribution in [0, 0.1) is 5.92 Å². The minimum absolute atomic E-state index is 0.0154. The molecule has 0 aromatic heterocycles. The van der Waals surface area contributed by atoms with Crippen LogP contribution in [-0.4, -0.2) is 16.9 Å². The van der Waals surface area contributed by atoms with Crippen molar-refractivity contribution in [3.63, 3.8) is 0 Å². The normalized spacial score (nSPS) is 12.4. The van der Waals surface area contributed by atoms with Crippen molar-refractivity contribution in [1.82, 2.24) is 0 Å². The van der Waals surface area contributed by atoms with E-state index in [4.69, 9.17) is 5.73 Å². The number of nitrogens with two attached hydrogens (primary N) is 1. The summed E-state index contributed by atoms with van der Waals surface area (Å²) in [6.07, 6.45) is 1.13. The van der Waals surface area contributed by atoms with Gasteiger partial charge in [0.1, 0.15) is 0 Å². The third-order valence-corrected chi connectivity index (χ3v) is 3.84. The van der Waals surface area contributed by atoms with Gasteiger partial charge in [-0.05, 0) is 37.1 Å². The minimum atomic E-state index is -0.0524. The van der Waals surface area contributed by atoms with Crippen LogP contribution in [0.2, 0.25) is 0 Å². The van der Waals surface area contributed by atoms with Gasteiger partial charge in [0.25, 0.3) is 0 Å². The largest absolute Gasteiger partial charge is 0.397 e. The van der Waals surface area contributed by atoms with Crippen LogP contribution in [0.1, 0.15) is 27.2 Å². The van der Waals surface area contributed by atoms with Gasteiger partial charge in [0.15, 0.2) is 0 Å². The molecule has 0 radical (unpaired) electrons. The molecule has 3 nitrogen and oxygen atoms in total. The Morgan fingerprint density at radius 3 is 2.61 bits per heavy atom. The van der Waals surface area contributed by atoms with E-state index in [9.17, 15) is 4.79 Å². The van der Waals surface area contributed by atoms with Crippen LogP contribution in [-0.2, 0) is 4.79 Å². The molecule has 0 aliphatic carbocycles. The van der Waals surface area contributed by atoms with Crippen molar-refractivity contribution in [1.29, 1.82) is 0 Å². The first-order valence-electron chi connectivity index (χ1n) is 6.27. The van der Waals surface area contributed by atoms with Crippen LogP contribution in [0.15, 0.2) is 24.3 Å². The molecule has 1 rings (SSSR count). The van der Waals surface area contributed by atoms with Crippen molar-refractivity contribution in [3.8, 4) is 0 Å². The Morgan fingerprint density at radius 2 is 2.00 bits per heavy atom. The van der Waals surface area contributed by atoms with Gasteiger partial charge in [0, 0.05) is 0 Å². The highest BCUT2D eigenvalue weighted by molar-refractivity contribution is 8.00. The number of benzene rings is 1. The van der Waals surface area contributed by atoms with Gasteiger partial charge in [-0.3, -0.25) is 4.79 Å². The number of anilines is 2. The maximum Gasteiger partial charge on any atom is 0.237 e. The first kappa shape index (κ1) is 14.9. The molecule has 0 saturated carbocycles. The third-order valence-electron chi connectivity index (χ3n) is 2.65. The molecule has 1 aromatic rings. The zero-order chi connectivity index (χ0) is 13.5. The van der Waals surface area contributed by atoms with E-state index in [-0.39, 0.29) is 11.2 Å². The van der Waals surface area contributed by atoms with Gasteiger partial charge < -0.3 is 11.1 Å². The van der Waals surface area contributed by atoms with Crippen LogP contribution in [0.25, 0.3) is 0 Å². The molecular formula is C14H22N2OS. The fourth-order valence-corrected chi connectivity index (χ4v) is 2.57. The van der Waals surface area contributed by atoms with E-state index < -0.39 is 0 Å². The molecular weight excluding hydrogens is 244 g/mol. The SMILES string of the molecule is CC(C)CCSC(C)C(=O)Nc1ccccc1N. The van der Waals surface area contributed by atoms with E-state index >= 15 is 0 Å². The fraction of sp³-hybridized carbons (Fsp3) is 0.500. The molecule has 1 amide bonds. The van der Waals surface area contributed by atoms with Crippen LogP contribution in [0.3, 0.4) is 0 Å². The van der Waals surface area contributed by atoms with E-state index in [1.807, 2.05) is 25.1 Å². The molecule has 0 aliphatic rings. The zero-order valence-corrected chi connectivity index (χ0v) is 12.1. The van der Waals surface area contributed by atoms with E-state index in [1.54, 1.807) is 17.8 Å². The van der Waals surface area contributed by atoms with Crippen LogP contribution in [0.5, 0.6) is 0 Å². The van der Waals surface area contributed by atoms with E-state index in [0.29, 0.717) is 17.3 Å². The first-order chi connectivity index (χ1) is 8.50. The predicted octanol–water partition coefficient (Wildman–Crippen LogP) is 3.38. The van der Waals surface area contributed by atoms with Gasteiger partial charge in [0.2, 0.25) is 5.91 Å². The van der Waals surface area contributed by atoms with Crippen molar-refractivity contribution in [2.45, 2.75) is 32.4 Å². The van der Waals surface area contributed by atoms with Gasteiger partial charge in [-0.15, -0.1) is 11.8 Å². The molecule has 0 aliphatic heterocycles. The number of para-hydroxylation sites is 2. The summed E-state index contributed by atoms with van der Waals surface area (Å²) in [5.41, 5.74) is 7.08. The van der Waals surface area contributed by atoms with Crippen molar-refractivity contribution in [2.75, 3.05) is 16.8 Å². The molecule has 18 heavy (non-hydrogen) atoms. The average molecular weight is 266 g/mol. The standard InChI is InChI=1S/C14H22N2OS/c1-10(2)8-9-18-11(3)14(17)16-13-7-5-4-6-12(13)15/h4-7,10-11H,8-9,15H2,1-3H3,(H,16,17). The molecule has 0 bridgehead atoms. The number of hydrogen-bond donors (Lipinski definition) is 2. The zero-order valence-electron chi connectivity index (χ0n) is 11.3. The second-order valence-corrected chi connectivity index (χ2v) is 6.22. The number of amides is 1. The monoisotopic (exact) mass is 266 g/mol. The van der Waals surface area contributed by atoms with E-state index in [1.165, 1.54) is 0 Å². The predicted molar refractivity (Wildman–Crippen MR) is 80.9 cm³/mol. The number of hydrogen-bond acceptors (Lipinski definition) is 3. The van der Waals surface area contributed by atoms with Crippen molar-refractivity contribution < 1.29 is 4.79 Å². The summed E-state index contributed by atoms with van der Waals surface area (Å²) >= 11 is 1.69. The van der Waals surface area contributed by atoms with Crippen LogP contribution in [0.4, 0.5) is 11.4 Å². The Bertz CT molecular complexity index is 393. The maximum absolute atomic E-state index is 12.0. The molecule has 0 spiro atoms. The average Bonchev–Trinajstić information content (AvgIpc) is 2.31. The van der Waals surface area contributed by atoms with Gasteiger partial charge in [0.05, 0.1) is 16.6 Å². The molecule has 4 heteroatoms. The lowest BCUT2D eigenvalue weighted by molar-refractivity contribution is -0.115. The van der Waals surface area contributed by atoms with Crippen molar-refractivity contribution in [3.05, 3.63) is 24.3 Å². The number of nitrogens with one attached hydrogen (secondary N) is 1. The Kier molecular flexibility index (Phi) is 6.05. The molecule has 0 saturated heterocycles. The van der Waals surface area contributed by atoms with Gasteiger partial charge in [-0.25, -0.2) is 0 Å². The highest BCUT2D eigenvalue weighted by atomic mass is 32.2. The molecule has 100 valence electrons. The second-order valence-electron chi connectivity index (χ2n) is 4.77.